The molecule has 0 unspecified atom stereocenters. The average Bonchev–Trinajstić information content (AvgIpc) is 3.30. The number of nitrogens with zero attached hydrogens (tertiary/aromatic N) is 4. The van der Waals surface area contributed by atoms with Crippen LogP contribution < -0.4 is 15.1 Å². The van der Waals surface area contributed by atoms with Crippen molar-refractivity contribution in [2.45, 2.75) is 45.4 Å². The molecule has 0 bridgehead atoms. The molecule has 0 radical (unpaired) electrons. The molecule has 1 N–H and O–H groups in total. The van der Waals surface area contributed by atoms with Gasteiger partial charge in [0.15, 0.2) is 0 Å². The number of carbonyl (C=O) groups is 1. The van der Waals surface area contributed by atoms with Crippen LogP contribution in [0, 0.1) is 5.92 Å². The highest BCUT2D eigenvalue weighted by Crippen LogP contribution is 2.32. The minimum Gasteiger partial charge on any atom is -0.371 e. The summed E-state index contributed by atoms with van der Waals surface area (Å²) in [5, 5.41) is 4.36. The first kappa shape index (κ1) is 22.1. The summed E-state index contributed by atoms with van der Waals surface area (Å²) >= 11 is 1.75. The number of fused-ring (bicyclic) bond motifs is 2. The van der Waals surface area contributed by atoms with Gasteiger partial charge in [-0.25, -0.2) is 9.97 Å². The Hall–Kier alpha value is -2.67. The number of amides is 1. The van der Waals surface area contributed by atoms with Crippen molar-refractivity contribution in [1.82, 2.24) is 15.3 Å². The number of hydrogen-bond acceptors (Lipinski definition) is 6. The van der Waals surface area contributed by atoms with E-state index in [0.29, 0.717) is 0 Å². The van der Waals surface area contributed by atoms with Gasteiger partial charge < -0.3 is 15.1 Å². The first-order valence-electron chi connectivity index (χ1n) is 12.3. The van der Waals surface area contributed by atoms with Crippen LogP contribution in [0.4, 0.5) is 11.5 Å². The van der Waals surface area contributed by atoms with Gasteiger partial charge in [-0.3, -0.25) is 4.79 Å². The van der Waals surface area contributed by atoms with E-state index in [-0.39, 0.29) is 11.8 Å². The highest BCUT2D eigenvalue weighted by Gasteiger charge is 2.26. The number of thiophene rings is 1. The predicted molar refractivity (Wildman–Crippen MR) is 136 cm³/mol. The molecule has 1 saturated heterocycles. The standard InChI is InChI=1S/C26H33N5OS/c1-2-21-17-22-24(28-18-29-26(22)33-21)31-15-10-20(11-16-31)25(32)27-12-6-14-30-13-5-8-19-7-3-4-9-23(19)30/h3-4,7,9,17-18,20H,2,5-6,8,10-16H2,1H3,(H,27,32). The molecule has 0 aliphatic carbocycles. The summed E-state index contributed by atoms with van der Waals surface area (Å²) in [5.74, 6) is 1.34. The highest BCUT2D eigenvalue weighted by molar-refractivity contribution is 7.18. The van der Waals surface area contributed by atoms with E-state index < -0.39 is 0 Å². The van der Waals surface area contributed by atoms with Crippen molar-refractivity contribution >= 4 is 39.0 Å². The fourth-order valence-corrected chi connectivity index (χ4v) is 6.07. The van der Waals surface area contributed by atoms with E-state index in [1.807, 2.05) is 0 Å². The molecule has 1 fully saturated rings. The third-order valence-electron chi connectivity index (χ3n) is 6.98. The van der Waals surface area contributed by atoms with Crippen LogP contribution in [0.25, 0.3) is 10.2 Å². The van der Waals surface area contributed by atoms with E-state index in [1.54, 1.807) is 17.7 Å². The molecule has 33 heavy (non-hydrogen) atoms. The van der Waals surface area contributed by atoms with Gasteiger partial charge >= 0.3 is 0 Å². The first-order valence-corrected chi connectivity index (χ1v) is 13.1. The summed E-state index contributed by atoms with van der Waals surface area (Å²) in [6.45, 7) is 6.77. The molecule has 0 spiro atoms. The van der Waals surface area contributed by atoms with Crippen molar-refractivity contribution in [2.75, 3.05) is 42.5 Å². The van der Waals surface area contributed by atoms with Crippen LogP contribution in [0.15, 0.2) is 36.7 Å². The second-order valence-electron chi connectivity index (χ2n) is 9.11. The zero-order valence-electron chi connectivity index (χ0n) is 19.4. The van der Waals surface area contributed by atoms with Crippen LogP contribution in [-0.2, 0) is 17.6 Å². The molecule has 2 aromatic heterocycles. The zero-order valence-corrected chi connectivity index (χ0v) is 20.2. The maximum atomic E-state index is 12.8. The predicted octanol–water partition coefficient (Wildman–Crippen LogP) is 4.43. The lowest BCUT2D eigenvalue weighted by molar-refractivity contribution is -0.125. The Labute approximate surface area is 200 Å². The zero-order chi connectivity index (χ0) is 22.6. The maximum Gasteiger partial charge on any atom is 0.223 e. The van der Waals surface area contributed by atoms with Gasteiger partial charge in [-0.2, -0.15) is 0 Å². The normalized spacial score (nSPS) is 16.8. The van der Waals surface area contributed by atoms with Gasteiger partial charge in [-0.05, 0) is 56.2 Å². The van der Waals surface area contributed by atoms with Crippen LogP contribution in [0.5, 0.6) is 0 Å². The largest absolute Gasteiger partial charge is 0.371 e. The number of carbonyl (C=O) groups excluding carboxylic acids is 1. The second-order valence-corrected chi connectivity index (χ2v) is 10.2. The number of aromatic nitrogens is 2. The topological polar surface area (TPSA) is 61.4 Å². The summed E-state index contributed by atoms with van der Waals surface area (Å²) in [6, 6.07) is 11.0. The Kier molecular flexibility index (Phi) is 6.76. The number of nitrogens with one attached hydrogen (secondary N) is 1. The monoisotopic (exact) mass is 463 g/mol. The Morgan fingerprint density at radius 2 is 2.03 bits per heavy atom. The molecule has 5 rings (SSSR count). The Morgan fingerprint density at radius 1 is 1.18 bits per heavy atom. The molecule has 1 amide bonds. The van der Waals surface area contributed by atoms with Gasteiger partial charge in [0.2, 0.25) is 5.91 Å². The lowest BCUT2D eigenvalue weighted by Gasteiger charge is -2.33. The van der Waals surface area contributed by atoms with Gasteiger partial charge in [-0.15, -0.1) is 11.3 Å². The molecule has 0 saturated carbocycles. The highest BCUT2D eigenvalue weighted by atomic mass is 32.1. The van der Waals surface area contributed by atoms with Gasteiger partial charge in [0, 0.05) is 49.2 Å². The number of benzene rings is 1. The maximum absolute atomic E-state index is 12.8. The molecule has 174 valence electrons. The Bertz CT molecular complexity index is 1110. The van der Waals surface area contributed by atoms with Crippen LogP contribution in [0.2, 0.25) is 0 Å². The third kappa shape index (κ3) is 4.83. The minimum absolute atomic E-state index is 0.1000. The van der Waals surface area contributed by atoms with E-state index in [2.05, 4.69) is 62.3 Å². The molecular weight excluding hydrogens is 430 g/mol. The molecule has 6 nitrogen and oxygen atoms in total. The van der Waals surface area contributed by atoms with Crippen molar-refractivity contribution in [3.05, 3.63) is 47.1 Å². The van der Waals surface area contributed by atoms with Crippen LogP contribution in [-0.4, -0.2) is 48.6 Å². The van der Waals surface area contributed by atoms with E-state index in [1.165, 1.54) is 29.0 Å². The molecule has 4 heterocycles. The Morgan fingerprint density at radius 3 is 2.88 bits per heavy atom. The number of aryl methyl sites for hydroxylation is 2. The molecule has 7 heteroatoms. The number of rotatable bonds is 7. The molecule has 2 aliphatic heterocycles. The van der Waals surface area contributed by atoms with Crippen molar-refractivity contribution in [1.29, 1.82) is 0 Å². The van der Waals surface area contributed by atoms with Crippen LogP contribution in [0.3, 0.4) is 0 Å². The lowest BCUT2D eigenvalue weighted by Crippen LogP contribution is -2.41. The van der Waals surface area contributed by atoms with E-state index in [9.17, 15) is 4.79 Å². The Balaban J connectivity index is 1.09. The van der Waals surface area contributed by atoms with Crippen LogP contribution >= 0.6 is 11.3 Å². The summed E-state index contributed by atoms with van der Waals surface area (Å²) < 4.78 is 0. The fourth-order valence-electron chi connectivity index (χ4n) is 5.14. The number of para-hydroxylation sites is 1. The molecule has 2 aliphatic rings. The van der Waals surface area contributed by atoms with Crippen molar-refractivity contribution in [2.24, 2.45) is 5.92 Å². The van der Waals surface area contributed by atoms with Gasteiger partial charge in [0.05, 0.1) is 5.39 Å². The van der Waals surface area contributed by atoms with Crippen LogP contribution in [0.1, 0.15) is 43.0 Å². The molecule has 1 aromatic carbocycles. The molecule has 3 aromatic rings. The first-order chi connectivity index (χ1) is 16.2. The van der Waals surface area contributed by atoms with Gasteiger partial charge in [0.1, 0.15) is 17.0 Å². The fraction of sp³-hybridized carbons (Fsp3) is 0.500. The smallest absolute Gasteiger partial charge is 0.223 e. The van der Waals surface area contributed by atoms with E-state index >= 15 is 0 Å². The second kappa shape index (κ2) is 10.1. The summed E-state index contributed by atoms with van der Waals surface area (Å²) in [6.07, 6.45) is 7.82. The molecular formula is C26H33N5OS. The molecule has 0 atom stereocenters. The quantitative estimate of drug-likeness (QED) is 0.525. The van der Waals surface area contributed by atoms with Crippen molar-refractivity contribution in [3.63, 3.8) is 0 Å². The number of hydrogen-bond donors (Lipinski definition) is 1. The summed E-state index contributed by atoms with van der Waals surface area (Å²) in [5.41, 5.74) is 2.83. The summed E-state index contributed by atoms with van der Waals surface area (Å²) in [7, 11) is 0. The number of piperidine rings is 1. The SMILES string of the molecule is CCc1cc2c(N3CCC(C(=O)NCCCN4CCCc5ccccc54)CC3)ncnc2s1. The van der Waals surface area contributed by atoms with Crippen molar-refractivity contribution < 1.29 is 4.79 Å². The van der Waals surface area contributed by atoms with Gasteiger partial charge in [-0.1, -0.05) is 25.1 Å². The minimum atomic E-state index is 0.1000. The number of anilines is 2. The third-order valence-corrected chi connectivity index (χ3v) is 8.17. The average molecular weight is 464 g/mol. The van der Waals surface area contributed by atoms with Crippen molar-refractivity contribution in [3.8, 4) is 0 Å². The lowest BCUT2D eigenvalue weighted by atomic mass is 9.95. The summed E-state index contributed by atoms with van der Waals surface area (Å²) in [4.78, 5) is 29.0. The van der Waals surface area contributed by atoms with E-state index in [0.717, 1.165) is 74.4 Å². The van der Waals surface area contributed by atoms with E-state index in [4.69, 9.17) is 0 Å². The van der Waals surface area contributed by atoms with Gasteiger partial charge in [0.25, 0.3) is 0 Å².